The van der Waals surface area contributed by atoms with Crippen LogP contribution in [0.1, 0.15) is 12.8 Å². The fourth-order valence-electron chi connectivity index (χ4n) is 1.80. The molecule has 0 atom stereocenters. The molecule has 0 aliphatic carbocycles. The Hall–Kier alpha value is -1.71. The molecular formula is C11H14N2O2. The topological polar surface area (TPSA) is 55.6 Å². The van der Waals surface area contributed by atoms with Gasteiger partial charge in [0.25, 0.3) is 0 Å². The highest BCUT2D eigenvalue weighted by Crippen LogP contribution is 2.28. The third-order valence-corrected chi connectivity index (χ3v) is 2.53. The predicted molar refractivity (Wildman–Crippen MR) is 59.0 cm³/mol. The number of carbonyl (C=O) groups is 1. The Morgan fingerprint density at radius 3 is 2.80 bits per heavy atom. The van der Waals surface area contributed by atoms with Crippen LogP contribution >= 0.6 is 0 Å². The SMILES string of the molecule is COc1cc(N)cc(N2CCCC2=O)c1. The third-order valence-electron chi connectivity index (χ3n) is 2.53. The molecule has 1 aliphatic rings. The second-order valence-electron chi connectivity index (χ2n) is 3.61. The minimum Gasteiger partial charge on any atom is -0.497 e. The van der Waals surface area contributed by atoms with Crippen molar-refractivity contribution in [3.63, 3.8) is 0 Å². The Balaban J connectivity index is 2.34. The van der Waals surface area contributed by atoms with Crippen molar-refractivity contribution in [3.8, 4) is 5.75 Å². The van der Waals surface area contributed by atoms with E-state index in [1.165, 1.54) is 0 Å². The van der Waals surface area contributed by atoms with E-state index in [1.807, 2.05) is 6.07 Å². The Bertz CT molecular complexity index is 390. The second-order valence-corrected chi connectivity index (χ2v) is 3.61. The lowest BCUT2D eigenvalue weighted by atomic mass is 10.2. The largest absolute Gasteiger partial charge is 0.497 e. The number of rotatable bonds is 2. The standard InChI is InChI=1S/C11H14N2O2/c1-15-10-6-8(12)5-9(7-10)13-4-2-3-11(13)14/h5-7H,2-4,12H2,1H3. The molecule has 1 fully saturated rings. The van der Waals surface area contributed by atoms with E-state index in [4.69, 9.17) is 10.5 Å². The number of carbonyl (C=O) groups excluding carboxylic acids is 1. The van der Waals surface area contributed by atoms with Crippen molar-refractivity contribution in [2.24, 2.45) is 0 Å². The summed E-state index contributed by atoms with van der Waals surface area (Å²) in [6.45, 7) is 0.769. The molecule has 2 N–H and O–H groups in total. The van der Waals surface area contributed by atoms with Gasteiger partial charge in [-0.25, -0.2) is 0 Å². The summed E-state index contributed by atoms with van der Waals surface area (Å²) in [7, 11) is 1.59. The summed E-state index contributed by atoms with van der Waals surface area (Å²) in [5.74, 6) is 0.840. The van der Waals surface area contributed by atoms with Crippen molar-refractivity contribution in [1.29, 1.82) is 0 Å². The minimum absolute atomic E-state index is 0.155. The summed E-state index contributed by atoms with van der Waals surface area (Å²) in [6.07, 6.45) is 1.53. The van der Waals surface area contributed by atoms with Crippen LogP contribution < -0.4 is 15.4 Å². The second kappa shape index (κ2) is 3.81. The van der Waals surface area contributed by atoms with Crippen LogP contribution in [0.25, 0.3) is 0 Å². The highest BCUT2D eigenvalue weighted by molar-refractivity contribution is 5.95. The van der Waals surface area contributed by atoms with Crippen molar-refractivity contribution in [1.82, 2.24) is 0 Å². The first-order valence-electron chi connectivity index (χ1n) is 4.95. The number of nitrogens with two attached hydrogens (primary N) is 1. The summed E-state index contributed by atoms with van der Waals surface area (Å²) in [5.41, 5.74) is 7.17. The van der Waals surface area contributed by atoms with Crippen LogP contribution in [0.3, 0.4) is 0 Å². The van der Waals surface area contributed by atoms with Crippen LogP contribution in [-0.4, -0.2) is 19.6 Å². The zero-order chi connectivity index (χ0) is 10.8. The molecule has 1 saturated heterocycles. The molecule has 0 spiro atoms. The molecule has 1 heterocycles. The molecule has 4 nitrogen and oxygen atoms in total. The Kier molecular flexibility index (Phi) is 2.49. The zero-order valence-corrected chi connectivity index (χ0v) is 8.69. The van der Waals surface area contributed by atoms with Crippen molar-refractivity contribution in [2.45, 2.75) is 12.8 Å². The first-order valence-corrected chi connectivity index (χ1v) is 4.95. The van der Waals surface area contributed by atoms with E-state index in [-0.39, 0.29) is 5.91 Å². The summed E-state index contributed by atoms with van der Waals surface area (Å²) in [4.78, 5) is 13.3. The lowest BCUT2D eigenvalue weighted by molar-refractivity contribution is -0.117. The average molecular weight is 206 g/mol. The van der Waals surface area contributed by atoms with E-state index in [9.17, 15) is 4.79 Å². The quantitative estimate of drug-likeness (QED) is 0.744. The summed E-state index contributed by atoms with van der Waals surface area (Å²) in [6, 6.07) is 5.37. The van der Waals surface area contributed by atoms with Crippen molar-refractivity contribution >= 4 is 17.3 Å². The van der Waals surface area contributed by atoms with Gasteiger partial charge in [-0.1, -0.05) is 0 Å². The normalized spacial score (nSPS) is 15.8. The maximum absolute atomic E-state index is 11.5. The summed E-state index contributed by atoms with van der Waals surface area (Å²) < 4.78 is 5.11. The molecule has 1 aliphatic heterocycles. The number of nitrogen functional groups attached to an aromatic ring is 1. The van der Waals surface area contributed by atoms with Crippen molar-refractivity contribution in [3.05, 3.63) is 18.2 Å². The smallest absolute Gasteiger partial charge is 0.227 e. The summed E-state index contributed by atoms with van der Waals surface area (Å²) >= 11 is 0. The molecule has 1 amide bonds. The van der Waals surface area contributed by atoms with Gasteiger partial charge in [-0.2, -0.15) is 0 Å². The number of amides is 1. The van der Waals surface area contributed by atoms with Gasteiger partial charge in [-0.15, -0.1) is 0 Å². The molecule has 0 aromatic heterocycles. The lowest BCUT2D eigenvalue weighted by Gasteiger charge is -2.17. The molecule has 4 heteroatoms. The molecule has 0 unspecified atom stereocenters. The molecule has 0 bridgehead atoms. The van der Waals surface area contributed by atoms with Gasteiger partial charge < -0.3 is 15.4 Å². The Morgan fingerprint density at radius 1 is 1.40 bits per heavy atom. The molecule has 0 saturated carbocycles. The van der Waals surface area contributed by atoms with Gasteiger partial charge in [0.05, 0.1) is 7.11 Å². The van der Waals surface area contributed by atoms with Gasteiger partial charge >= 0.3 is 0 Å². The maximum Gasteiger partial charge on any atom is 0.227 e. The number of hydrogen-bond donors (Lipinski definition) is 1. The molecular weight excluding hydrogens is 192 g/mol. The minimum atomic E-state index is 0.155. The highest BCUT2D eigenvalue weighted by Gasteiger charge is 2.22. The van der Waals surface area contributed by atoms with Crippen LogP contribution in [0.2, 0.25) is 0 Å². The fraction of sp³-hybridized carbons (Fsp3) is 0.364. The number of nitrogens with zero attached hydrogens (tertiary/aromatic N) is 1. The zero-order valence-electron chi connectivity index (χ0n) is 8.69. The number of anilines is 2. The molecule has 15 heavy (non-hydrogen) atoms. The number of benzene rings is 1. The third kappa shape index (κ3) is 1.88. The van der Waals surface area contributed by atoms with E-state index in [1.54, 1.807) is 24.1 Å². The van der Waals surface area contributed by atoms with E-state index in [2.05, 4.69) is 0 Å². The first kappa shape index (κ1) is 9.83. The molecule has 1 aromatic carbocycles. The molecule has 2 rings (SSSR count). The van der Waals surface area contributed by atoms with Crippen LogP contribution in [0.5, 0.6) is 5.75 Å². The van der Waals surface area contributed by atoms with Gasteiger partial charge in [0.15, 0.2) is 0 Å². The molecule has 80 valence electrons. The predicted octanol–water partition coefficient (Wildman–Crippen LogP) is 1.40. The van der Waals surface area contributed by atoms with E-state index >= 15 is 0 Å². The fourth-order valence-corrected chi connectivity index (χ4v) is 1.80. The van der Waals surface area contributed by atoms with Gasteiger partial charge in [0, 0.05) is 36.5 Å². The summed E-state index contributed by atoms with van der Waals surface area (Å²) in [5, 5.41) is 0. The van der Waals surface area contributed by atoms with E-state index in [0.717, 1.165) is 18.7 Å². The van der Waals surface area contributed by atoms with Crippen LogP contribution in [-0.2, 0) is 4.79 Å². The maximum atomic E-state index is 11.5. The van der Waals surface area contributed by atoms with Gasteiger partial charge in [-0.3, -0.25) is 4.79 Å². The van der Waals surface area contributed by atoms with Gasteiger partial charge in [0.2, 0.25) is 5.91 Å². The van der Waals surface area contributed by atoms with Crippen LogP contribution in [0.4, 0.5) is 11.4 Å². The number of methoxy groups -OCH3 is 1. The first-order chi connectivity index (χ1) is 7.20. The molecule has 0 radical (unpaired) electrons. The van der Waals surface area contributed by atoms with Gasteiger partial charge in [-0.05, 0) is 12.5 Å². The average Bonchev–Trinajstić information content (AvgIpc) is 2.63. The number of hydrogen-bond acceptors (Lipinski definition) is 3. The van der Waals surface area contributed by atoms with E-state index in [0.29, 0.717) is 17.9 Å². The van der Waals surface area contributed by atoms with Crippen molar-refractivity contribution in [2.75, 3.05) is 24.3 Å². The monoisotopic (exact) mass is 206 g/mol. The van der Waals surface area contributed by atoms with Gasteiger partial charge in [0.1, 0.15) is 5.75 Å². The molecule has 1 aromatic rings. The van der Waals surface area contributed by atoms with E-state index < -0.39 is 0 Å². The highest BCUT2D eigenvalue weighted by atomic mass is 16.5. The van der Waals surface area contributed by atoms with Crippen LogP contribution in [0, 0.1) is 0 Å². The number of ether oxygens (including phenoxy) is 1. The Morgan fingerprint density at radius 2 is 2.20 bits per heavy atom. The Labute approximate surface area is 88.6 Å². The lowest BCUT2D eigenvalue weighted by Crippen LogP contribution is -2.23. The van der Waals surface area contributed by atoms with Crippen molar-refractivity contribution < 1.29 is 9.53 Å². The van der Waals surface area contributed by atoms with Crippen LogP contribution in [0.15, 0.2) is 18.2 Å².